The molecule has 0 saturated carbocycles. The van der Waals surface area contributed by atoms with E-state index in [1.165, 1.54) is 12.1 Å². The van der Waals surface area contributed by atoms with Gasteiger partial charge in [0.2, 0.25) is 0 Å². The first-order chi connectivity index (χ1) is 14.8. The van der Waals surface area contributed by atoms with Crippen molar-refractivity contribution in [3.05, 3.63) is 86.2 Å². The molecule has 0 aliphatic heterocycles. The number of ketones is 1. The first-order valence-corrected chi connectivity index (χ1v) is 10.5. The monoisotopic (exact) mass is 438 g/mol. The van der Waals surface area contributed by atoms with Crippen molar-refractivity contribution in [1.82, 2.24) is 0 Å². The van der Waals surface area contributed by atoms with Crippen LogP contribution < -0.4 is 5.63 Å². The summed E-state index contributed by atoms with van der Waals surface area (Å²) in [7, 11) is 0. The molecule has 0 N–H and O–H groups in total. The van der Waals surface area contributed by atoms with Gasteiger partial charge in [-0.2, -0.15) is 0 Å². The number of rotatable bonds is 7. The Morgan fingerprint density at radius 1 is 1.13 bits per heavy atom. The fourth-order valence-corrected chi connectivity index (χ4v) is 3.33. The van der Waals surface area contributed by atoms with E-state index in [0.717, 1.165) is 17.5 Å². The molecular weight excluding hydrogens is 416 g/mol. The fourth-order valence-electron chi connectivity index (χ4n) is 3.20. The van der Waals surface area contributed by atoms with Gasteiger partial charge in [0, 0.05) is 16.0 Å². The minimum Gasteiger partial charge on any atom is -0.462 e. The second-order valence-electron chi connectivity index (χ2n) is 7.21. The zero-order valence-electron chi connectivity index (χ0n) is 17.6. The number of fused-ring (bicyclic) bond motifs is 1. The summed E-state index contributed by atoms with van der Waals surface area (Å²) in [6, 6.07) is 11.8. The van der Waals surface area contributed by atoms with Crippen LogP contribution in [0.3, 0.4) is 0 Å². The summed E-state index contributed by atoms with van der Waals surface area (Å²) >= 11 is 5.88. The van der Waals surface area contributed by atoms with Gasteiger partial charge in [-0.3, -0.25) is 4.79 Å². The largest absolute Gasteiger partial charge is 0.462 e. The number of carbonyl (C=O) groups excluding carboxylic acids is 2. The molecular formula is C25H23ClO5. The smallest absolute Gasteiger partial charge is 0.351 e. The van der Waals surface area contributed by atoms with Gasteiger partial charge < -0.3 is 9.15 Å². The minimum absolute atomic E-state index is 0.111. The molecule has 0 saturated heterocycles. The highest BCUT2D eigenvalue weighted by molar-refractivity contribution is 6.30. The van der Waals surface area contributed by atoms with Gasteiger partial charge in [0.05, 0.1) is 6.61 Å². The van der Waals surface area contributed by atoms with E-state index in [9.17, 15) is 14.4 Å². The molecule has 3 rings (SSSR count). The molecule has 3 aromatic rings. The molecule has 0 spiro atoms. The standard InChI is InChI=1S/C25H23ClO5/c1-4-15(3)20-13-16(6-11-22(27)17-7-9-19(26)10-8-17)12-18-14-21(24(28)30-5-2)25(29)31-23(18)20/h6-15H,4-5H2,1-3H3. The van der Waals surface area contributed by atoms with Crippen LogP contribution in [0.25, 0.3) is 17.0 Å². The number of hydrogen-bond acceptors (Lipinski definition) is 5. The van der Waals surface area contributed by atoms with Crippen LogP contribution in [0.15, 0.2) is 57.8 Å². The molecule has 0 radical (unpaired) electrons. The normalized spacial score (nSPS) is 12.3. The molecule has 1 heterocycles. The van der Waals surface area contributed by atoms with Crippen molar-refractivity contribution >= 4 is 40.4 Å². The third kappa shape index (κ3) is 5.12. The van der Waals surface area contributed by atoms with Gasteiger partial charge in [0.1, 0.15) is 11.1 Å². The topological polar surface area (TPSA) is 73.6 Å². The lowest BCUT2D eigenvalue weighted by molar-refractivity contribution is 0.0521. The molecule has 0 aliphatic carbocycles. The van der Waals surface area contributed by atoms with Crippen molar-refractivity contribution in [3.63, 3.8) is 0 Å². The lowest BCUT2D eigenvalue weighted by Gasteiger charge is -2.13. The van der Waals surface area contributed by atoms with Gasteiger partial charge >= 0.3 is 11.6 Å². The van der Waals surface area contributed by atoms with E-state index in [1.807, 2.05) is 19.9 Å². The summed E-state index contributed by atoms with van der Waals surface area (Å²) in [6.45, 7) is 5.89. The summed E-state index contributed by atoms with van der Waals surface area (Å²) in [6.07, 6.45) is 4.02. The molecule has 0 fully saturated rings. The van der Waals surface area contributed by atoms with Crippen molar-refractivity contribution in [3.8, 4) is 0 Å². The van der Waals surface area contributed by atoms with E-state index in [2.05, 4.69) is 0 Å². The highest BCUT2D eigenvalue weighted by Gasteiger charge is 2.18. The number of ether oxygens (including phenoxy) is 1. The number of hydrogen-bond donors (Lipinski definition) is 0. The van der Waals surface area contributed by atoms with E-state index < -0.39 is 11.6 Å². The average Bonchev–Trinajstić information content (AvgIpc) is 2.76. The van der Waals surface area contributed by atoms with Crippen molar-refractivity contribution in [1.29, 1.82) is 0 Å². The zero-order valence-corrected chi connectivity index (χ0v) is 18.4. The summed E-state index contributed by atoms with van der Waals surface area (Å²) in [4.78, 5) is 36.9. The van der Waals surface area contributed by atoms with Crippen LogP contribution in [0.4, 0.5) is 0 Å². The van der Waals surface area contributed by atoms with Crippen LogP contribution >= 0.6 is 11.6 Å². The van der Waals surface area contributed by atoms with E-state index in [1.54, 1.807) is 43.3 Å². The van der Waals surface area contributed by atoms with Gasteiger partial charge in [-0.1, -0.05) is 31.5 Å². The summed E-state index contributed by atoms with van der Waals surface area (Å²) in [5.74, 6) is -0.768. The first-order valence-electron chi connectivity index (χ1n) is 10.1. The Balaban J connectivity index is 2.07. The number of carbonyl (C=O) groups is 2. The third-order valence-corrected chi connectivity index (χ3v) is 5.33. The summed E-state index contributed by atoms with van der Waals surface area (Å²) in [5.41, 5.74) is 1.69. The average molecular weight is 439 g/mol. The number of esters is 1. The Kier molecular flexibility index (Phi) is 7.08. The van der Waals surface area contributed by atoms with Gasteiger partial charge in [-0.05, 0) is 78.9 Å². The Morgan fingerprint density at radius 2 is 1.84 bits per heavy atom. The van der Waals surface area contributed by atoms with Crippen molar-refractivity contribution in [2.24, 2.45) is 0 Å². The Bertz CT molecular complexity index is 1210. The Labute approximate surface area is 185 Å². The van der Waals surface area contributed by atoms with E-state index in [-0.39, 0.29) is 23.9 Å². The highest BCUT2D eigenvalue weighted by Crippen LogP contribution is 2.29. The third-order valence-electron chi connectivity index (χ3n) is 5.08. The van der Waals surface area contributed by atoms with Gasteiger partial charge in [-0.25, -0.2) is 9.59 Å². The van der Waals surface area contributed by atoms with Crippen LogP contribution in [0.2, 0.25) is 5.02 Å². The van der Waals surface area contributed by atoms with E-state index >= 15 is 0 Å². The van der Waals surface area contributed by atoms with Crippen LogP contribution in [0.1, 0.15) is 65.0 Å². The quantitative estimate of drug-likeness (QED) is 0.195. The van der Waals surface area contributed by atoms with Crippen molar-refractivity contribution in [2.75, 3.05) is 6.61 Å². The van der Waals surface area contributed by atoms with Crippen molar-refractivity contribution < 1.29 is 18.7 Å². The van der Waals surface area contributed by atoms with Crippen molar-refractivity contribution in [2.45, 2.75) is 33.1 Å². The van der Waals surface area contributed by atoms with Gasteiger partial charge in [-0.15, -0.1) is 0 Å². The van der Waals surface area contributed by atoms with Crippen LogP contribution in [-0.4, -0.2) is 18.4 Å². The Morgan fingerprint density at radius 3 is 2.48 bits per heavy atom. The molecule has 0 amide bonds. The van der Waals surface area contributed by atoms with E-state index in [4.69, 9.17) is 20.8 Å². The molecule has 5 nitrogen and oxygen atoms in total. The maximum Gasteiger partial charge on any atom is 0.351 e. The molecule has 2 aromatic carbocycles. The molecule has 1 unspecified atom stereocenters. The number of halogens is 1. The lowest BCUT2D eigenvalue weighted by Crippen LogP contribution is -2.16. The molecule has 0 bridgehead atoms. The second kappa shape index (κ2) is 9.75. The minimum atomic E-state index is -0.725. The maximum absolute atomic E-state index is 12.5. The number of allylic oxidation sites excluding steroid dienone is 1. The van der Waals surface area contributed by atoms with Crippen LogP contribution in [-0.2, 0) is 4.74 Å². The molecule has 1 atom stereocenters. The highest BCUT2D eigenvalue weighted by atomic mass is 35.5. The van der Waals surface area contributed by atoms with Crippen LogP contribution in [0.5, 0.6) is 0 Å². The Hall–Kier alpha value is -3.18. The van der Waals surface area contributed by atoms with Gasteiger partial charge in [0.15, 0.2) is 5.78 Å². The first kappa shape index (κ1) is 22.5. The van der Waals surface area contributed by atoms with E-state index in [0.29, 0.717) is 21.6 Å². The number of benzene rings is 2. The molecule has 6 heteroatoms. The summed E-state index contributed by atoms with van der Waals surface area (Å²) < 4.78 is 10.5. The second-order valence-corrected chi connectivity index (χ2v) is 7.65. The van der Waals surface area contributed by atoms with Gasteiger partial charge in [0.25, 0.3) is 0 Å². The predicted octanol–water partition coefficient (Wildman–Crippen LogP) is 6.03. The molecule has 1 aromatic heterocycles. The summed E-state index contributed by atoms with van der Waals surface area (Å²) in [5, 5.41) is 1.16. The maximum atomic E-state index is 12.5. The zero-order chi connectivity index (χ0) is 22.5. The molecule has 0 aliphatic rings. The SMILES string of the molecule is CCOC(=O)c1cc2cc(C=CC(=O)c3ccc(Cl)cc3)cc(C(C)CC)c2oc1=O. The predicted molar refractivity (Wildman–Crippen MR) is 122 cm³/mol. The fraction of sp³-hybridized carbons (Fsp3) is 0.240. The lowest BCUT2D eigenvalue weighted by atomic mass is 9.93. The molecule has 160 valence electrons. The van der Waals surface area contributed by atoms with Crippen LogP contribution in [0, 0.1) is 0 Å². The molecule has 31 heavy (non-hydrogen) atoms.